The zero-order chi connectivity index (χ0) is 96.0. The molecule has 15 amide bonds. The van der Waals surface area contributed by atoms with Crippen LogP contribution < -0.4 is 115 Å². The number of para-hydroxylation sites is 1. The summed E-state index contributed by atoms with van der Waals surface area (Å²) in [5.74, 6) is -14.4. The highest BCUT2D eigenvalue weighted by molar-refractivity contribution is 6.01. The second-order valence-electron chi connectivity index (χ2n) is 35.3. The molecule has 0 aliphatic rings. The van der Waals surface area contributed by atoms with Gasteiger partial charge in [0.25, 0.3) is 0 Å². The molecule has 1 aromatic heterocycles. The molecular formula is C89H152N22O17. The summed E-state index contributed by atoms with van der Waals surface area (Å²) in [5, 5.41) is 59.3. The topological polar surface area (TPSA) is 663 Å². The molecule has 0 radical (unpaired) electrons. The lowest BCUT2D eigenvalue weighted by molar-refractivity contribution is -0.137. The number of hydrogen-bond acceptors (Lipinski definition) is 23. The van der Waals surface area contributed by atoms with E-state index in [1.54, 1.807) is 91.9 Å². The van der Waals surface area contributed by atoms with E-state index >= 15 is 4.79 Å². The summed E-state index contributed by atoms with van der Waals surface area (Å²) >= 11 is 0. The Bertz CT molecular complexity index is 4000. The van der Waals surface area contributed by atoms with Crippen molar-refractivity contribution < 1.29 is 82.1 Å². The monoisotopic (exact) mass is 1800 g/mol. The van der Waals surface area contributed by atoms with Crippen molar-refractivity contribution in [3.63, 3.8) is 0 Å². The Morgan fingerprint density at radius 3 is 1.00 bits per heavy atom. The van der Waals surface area contributed by atoms with E-state index in [4.69, 9.17) is 40.1 Å². The summed E-state index contributed by atoms with van der Waals surface area (Å²) in [7, 11) is 0. The van der Waals surface area contributed by atoms with Crippen LogP contribution in [0.3, 0.4) is 0 Å². The van der Waals surface area contributed by atoms with E-state index in [9.17, 15) is 77.3 Å². The van der Waals surface area contributed by atoms with Crippen molar-refractivity contribution in [3.05, 3.63) is 71.9 Å². The Labute approximate surface area is 753 Å². The van der Waals surface area contributed by atoms with Gasteiger partial charge in [-0.15, -0.1) is 0 Å². The molecule has 0 fully saturated rings. The predicted octanol–water partition coefficient (Wildman–Crippen LogP) is -1.57. The standard InChI is InChI=1S/C89H152N22O17/c1-49(2)43-66(104-80(119)64(36-22-27-41-93)101-85(124)70(103-77(116)60(95)32-19-24-38-90)47-58-48-97-61-33-18-17-31-59(58)61)83(122)105-69(46-57-29-15-14-16-30-57)84(123)100-63(35-21-26-40-92)79(118)99-62(34-20-25-39-91)78(117)98-54(11)76(115)108-71(52(7)8)87(126)106-67(44-50(3)4)82(121)102-65(37-23-28-42-94)81(120)109-72(53(9)10)88(127)107-68(45-51(5)6)86(125)111-74(56(13)113)89(128)110-73(55(12)112)75(96)114/h14-18,29-31,33,48-56,60,62-74,97,112-113H,19-28,32,34-47,90-95H2,1-13H3,(H2,96,114)(H,98,117)(H,99,118)(H,100,123)(H,101,124)(H,102,121)(H,103,116)(H,104,119)(H,105,122)(H,106,126)(H,107,127)(H,108,115)(H,109,120)(H,110,128)(H,111,125)/t54-,55+,56+,60-,62-,63-,64-,65-,66-,67-,68-,69-,70-,71-,72-,73-,74-/m0/s1. The number of aliphatic hydroxyl groups is 2. The first kappa shape index (κ1) is 112. The molecule has 128 heavy (non-hydrogen) atoms. The second kappa shape index (κ2) is 59.0. The average Bonchev–Trinajstić information content (AvgIpc) is 1.68. The summed E-state index contributed by atoms with van der Waals surface area (Å²) in [6.45, 7) is 22.4. The number of nitrogens with one attached hydrogen (secondary N) is 15. The number of carbonyl (C=O) groups is 15. The molecule has 3 aromatic rings. The molecule has 0 unspecified atom stereocenters. The highest BCUT2D eigenvalue weighted by Gasteiger charge is 2.40. The van der Waals surface area contributed by atoms with Crippen LogP contribution in [0.15, 0.2) is 60.8 Å². The maximum Gasteiger partial charge on any atom is 0.245 e. The third-order valence-corrected chi connectivity index (χ3v) is 21.7. The van der Waals surface area contributed by atoms with Crippen LogP contribution in [0.2, 0.25) is 0 Å². The molecule has 720 valence electrons. The lowest BCUT2D eigenvalue weighted by atomic mass is 9.98. The first-order valence-electron chi connectivity index (χ1n) is 45.3. The van der Waals surface area contributed by atoms with Gasteiger partial charge < -0.3 is 130 Å². The number of amides is 15. The van der Waals surface area contributed by atoms with Crippen molar-refractivity contribution >= 4 is 99.5 Å². The third kappa shape index (κ3) is 40.2. The molecule has 39 heteroatoms. The Hall–Kier alpha value is -10.3. The number of H-pyrrole nitrogens is 1. The minimum Gasteiger partial charge on any atom is -0.391 e. The summed E-state index contributed by atoms with van der Waals surface area (Å²) in [5.41, 5.74) is 43.1. The Kier molecular flexibility index (Phi) is 51.6. The van der Waals surface area contributed by atoms with Crippen molar-refractivity contribution in [3.8, 4) is 0 Å². The molecule has 31 N–H and O–H groups in total. The smallest absolute Gasteiger partial charge is 0.245 e. The molecule has 39 nitrogen and oxygen atoms in total. The number of nitrogens with two attached hydrogens (primary N) is 7. The molecular weight excluding hydrogens is 1650 g/mol. The van der Waals surface area contributed by atoms with Crippen molar-refractivity contribution in [1.29, 1.82) is 0 Å². The number of hydrogen-bond donors (Lipinski definition) is 24. The van der Waals surface area contributed by atoms with Crippen LogP contribution in [0, 0.1) is 29.6 Å². The number of fused-ring (bicyclic) bond motifs is 1. The maximum absolute atomic E-state index is 15.0. The summed E-state index contributed by atoms with van der Waals surface area (Å²) < 4.78 is 0. The van der Waals surface area contributed by atoms with Crippen molar-refractivity contribution in [2.24, 2.45) is 69.7 Å². The number of aromatic amines is 1. The Morgan fingerprint density at radius 2 is 0.609 bits per heavy atom. The van der Waals surface area contributed by atoms with Gasteiger partial charge in [0.05, 0.1) is 18.2 Å². The zero-order valence-electron chi connectivity index (χ0n) is 77.2. The molecule has 3 rings (SSSR count). The Balaban J connectivity index is 1.93. The van der Waals surface area contributed by atoms with E-state index in [2.05, 4.69) is 79.4 Å². The first-order valence-corrected chi connectivity index (χ1v) is 45.3. The van der Waals surface area contributed by atoms with Crippen LogP contribution in [0.5, 0.6) is 0 Å². The highest BCUT2D eigenvalue weighted by Crippen LogP contribution is 2.22. The van der Waals surface area contributed by atoms with Crippen LogP contribution in [0.25, 0.3) is 10.9 Å². The molecule has 0 saturated heterocycles. The predicted molar refractivity (Wildman–Crippen MR) is 488 cm³/mol. The van der Waals surface area contributed by atoms with Crippen molar-refractivity contribution in [1.82, 2.24) is 79.4 Å². The van der Waals surface area contributed by atoms with Crippen molar-refractivity contribution in [2.45, 2.75) is 321 Å². The summed E-state index contributed by atoms with van der Waals surface area (Å²) in [4.78, 5) is 217. The van der Waals surface area contributed by atoms with E-state index in [1.807, 2.05) is 38.1 Å². The molecule has 0 aliphatic carbocycles. The molecule has 0 aliphatic heterocycles. The first-order chi connectivity index (χ1) is 60.5. The summed E-state index contributed by atoms with van der Waals surface area (Å²) in [6.07, 6.45) is 3.36. The molecule has 17 atom stereocenters. The van der Waals surface area contributed by atoms with E-state index in [1.165, 1.54) is 20.8 Å². The number of aromatic nitrogens is 1. The van der Waals surface area contributed by atoms with Gasteiger partial charge in [-0.2, -0.15) is 0 Å². The van der Waals surface area contributed by atoms with Crippen LogP contribution in [0.4, 0.5) is 0 Å². The second-order valence-corrected chi connectivity index (χ2v) is 35.3. The largest absolute Gasteiger partial charge is 0.391 e. The van der Waals surface area contributed by atoms with Gasteiger partial charge in [-0.1, -0.05) is 124 Å². The number of carbonyl (C=O) groups excluding carboxylic acids is 15. The number of benzene rings is 2. The molecule has 1 heterocycles. The number of rotatable bonds is 63. The van der Waals surface area contributed by atoms with Crippen LogP contribution in [-0.4, -0.2) is 239 Å². The Morgan fingerprint density at radius 1 is 0.312 bits per heavy atom. The molecule has 2 aromatic carbocycles. The molecule has 0 bridgehead atoms. The van der Waals surface area contributed by atoms with E-state index in [0.29, 0.717) is 88.3 Å². The normalized spacial score (nSPS) is 15.5. The van der Waals surface area contributed by atoms with Gasteiger partial charge in [-0.25, -0.2) is 0 Å². The third-order valence-electron chi connectivity index (χ3n) is 21.7. The fraction of sp³-hybridized carbons (Fsp3) is 0.674. The van der Waals surface area contributed by atoms with Gasteiger partial charge in [0.1, 0.15) is 84.6 Å². The summed E-state index contributed by atoms with van der Waals surface area (Å²) in [6, 6.07) is -4.03. The fourth-order valence-electron chi connectivity index (χ4n) is 14.3. The van der Waals surface area contributed by atoms with Gasteiger partial charge in [0.15, 0.2) is 0 Å². The quantitative estimate of drug-likeness (QED) is 0.0284. The zero-order valence-corrected chi connectivity index (χ0v) is 77.2. The van der Waals surface area contributed by atoms with Crippen LogP contribution >= 0.6 is 0 Å². The number of aliphatic hydroxyl groups excluding tert-OH is 2. The van der Waals surface area contributed by atoms with E-state index < -0.39 is 203 Å². The molecule has 0 spiro atoms. The minimum atomic E-state index is -1.69. The van der Waals surface area contributed by atoms with Gasteiger partial charge in [0.2, 0.25) is 88.6 Å². The lowest BCUT2D eigenvalue weighted by Crippen LogP contribution is -2.62. The fourth-order valence-corrected chi connectivity index (χ4v) is 14.3. The van der Waals surface area contributed by atoms with Gasteiger partial charge >= 0.3 is 0 Å². The highest BCUT2D eigenvalue weighted by atomic mass is 16.3. The SMILES string of the molecule is CC(C)C[C@H](NC(=O)[C@H](CCCCN)NC(=O)[C@H](Cc1c[nH]c2ccccc12)NC(=O)[C@@H](N)CCCCN)C(=O)N[C@@H](Cc1ccccc1)C(=O)N[C@@H](CCCCN)C(=O)N[C@@H](CCCCN)C(=O)N[C@@H](C)C(=O)N[C@H](C(=O)N[C@@H](CC(C)C)C(=O)N[C@@H](CCCCN)C(=O)N[C@H](C(=O)N[C@@H](CC(C)C)C(=O)N[C@H](C(=O)N[C@H](C(N)=O)[C@@H](C)O)[C@@H](C)O)C(C)C)C(C)C. The van der Waals surface area contributed by atoms with E-state index in [0.717, 1.165) is 10.9 Å². The lowest BCUT2D eigenvalue weighted by Gasteiger charge is -2.30. The van der Waals surface area contributed by atoms with Gasteiger partial charge in [-0.3, -0.25) is 71.9 Å². The van der Waals surface area contributed by atoms with Crippen LogP contribution in [0.1, 0.15) is 217 Å². The maximum atomic E-state index is 15.0. The van der Waals surface area contributed by atoms with Gasteiger partial charge in [-0.05, 0) is 209 Å². The minimum absolute atomic E-state index is 0.00162. The van der Waals surface area contributed by atoms with Crippen molar-refractivity contribution in [2.75, 3.05) is 32.7 Å². The van der Waals surface area contributed by atoms with Gasteiger partial charge in [0, 0.05) is 29.9 Å². The number of primary amides is 1. The van der Waals surface area contributed by atoms with E-state index in [-0.39, 0.29) is 102 Å². The molecule has 0 saturated carbocycles. The average molecular weight is 1800 g/mol. The number of unbranched alkanes of at least 4 members (excludes halogenated alkanes) is 5. The van der Waals surface area contributed by atoms with Crippen LogP contribution in [-0.2, 0) is 84.8 Å².